The molecule has 0 saturated heterocycles. The Morgan fingerprint density at radius 1 is 0.957 bits per heavy atom. The van der Waals surface area contributed by atoms with E-state index in [1.807, 2.05) is 54.6 Å². The van der Waals surface area contributed by atoms with Gasteiger partial charge in [0.15, 0.2) is 0 Å². The molecule has 0 radical (unpaired) electrons. The number of carbonyl (C=O) groups is 1. The Morgan fingerprint density at radius 2 is 1.65 bits per heavy atom. The number of hydrogen-bond acceptors (Lipinski definition) is 2. The largest absolute Gasteiger partial charge is 0.478 e. The van der Waals surface area contributed by atoms with Crippen molar-refractivity contribution in [1.29, 1.82) is 0 Å². The fourth-order valence-corrected chi connectivity index (χ4v) is 3.16. The highest BCUT2D eigenvalue weighted by atomic mass is 16.4. The van der Waals surface area contributed by atoms with Crippen LogP contribution in [0.3, 0.4) is 0 Å². The molecule has 1 N–H and O–H groups in total. The zero-order valence-corrected chi connectivity index (χ0v) is 12.2. The molecule has 0 atom stereocenters. The molecule has 2 aromatic carbocycles. The van der Waals surface area contributed by atoms with E-state index < -0.39 is 5.97 Å². The van der Waals surface area contributed by atoms with E-state index in [4.69, 9.17) is 0 Å². The van der Waals surface area contributed by atoms with Gasteiger partial charge in [-0.05, 0) is 17.2 Å². The summed E-state index contributed by atoms with van der Waals surface area (Å²) in [7, 11) is 0. The lowest BCUT2D eigenvalue weighted by molar-refractivity contribution is 0.0697. The number of hydrogen-bond donors (Lipinski definition) is 1. The molecule has 4 heteroatoms. The normalized spacial score (nSPS) is 11.8. The van der Waals surface area contributed by atoms with Crippen molar-refractivity contribution in [2.45, 2.75) is 6.54 Å². The molecule has 1 aromatic heterocycles. The Labute approximate surface area is 132 Å². The Hall–Kier alpha value is -3.14. The molecular formula is C19H13NO3. The van der Waals surface area contributed by atoms with Crippen molar-refractivity contribution in [2.75, 3.05) is 0 Å². The van der Waals surface area contributed by atoms with E-state index in [0.29, 0.717) is 17.8 Å². The first kappa shape index (κ1) is 13.5. The first-order valence-corrected chi connectivity index (χ1v) is 7.31. The van der Waals surface area contributed by atoms with Gasteiger partial charge in [0.2, 0.25) is 0 Å². The number of aromatic nitrogens is 1. The van der Waals surface area contributed by atoms with Crippen LogP contribution in [0.1, 0.15) is 15.9 Å². The number of carboxylic acids is 1. The van der Waals surface area contributed by atoms with E-state index in [2.05, 4.69) is 0 Å². The quantitative estimate of drug-likeness (QED) is 0.618. The maximum absolute atomic E-state index is 12.9. The summed E-state index contributed by atoms with van der Waals surface area (Å²) in [5.41, 5.74) is 3.43. The summed E-state index contributed by atoms with van der Waals surface area (Å²) in [6, 6.07) is 18.2. The maximum Gasteiger partial charge on any atom is 0.337 e. The van der Waals surface area contributed by atoms with Crippen LogP contribution >= 0.6 is 0 Å². The van der Waals surface area contributed by atoms with Crippen LogP contribution < -0.4 is 5.56 Å². The molecule has 0 bridgehead atoms. The van der Waals surface area contributed by atoms with Gasteiger partial charge >= 0.3 is 5.97 Å². The van der Waals surface area contributed by atoms with Crippen molar-refractivity contribution in [3.05, 3.63) is 82.1 Å². The number of carboxylic acid groups (broad SMARTS) is 1. The first-order valence-electron chi connectivity index (χ1n) is 7.31. The van der Waals surface area contributed by atoms with Crippen LogP contribution in [0.2, 0.25) is 0 Å². The van der Waals surface area contributed by atoms with Crippen molar-refractivity contribution >= 4 is 5.97 Å². The lowest BCUT2D eigenvalue weighted by Crippen LogP contribution is -2.23. The number of aromatic carboxylic acids is 1. The van der Waals surface area contributed by atoms with Gasteiger partial charge < -0.3 is 9.67 Å². The van der Waals surface area contributed by atoms with Crippen LogP contribution in [0.5, 0.6) is 0 Å². The Bertz CT molecular complexity index is 987. The molecule has 0 unspecified atom stereocenters. The van der Waals surface area contributed by atoms with Crippen LogP contribution in [0.25, 0.3) is 22.4 Å². The van der Waals surface area contributed by atoms with Gasteiger partial charge in [0.25, 0.3) is 5.56 Å². The Kier molecular flexibility index (Phi) is 2.91. The predicted octanol–water partition coefficient (Wildman–Crippen LogP) is 3.24. The van der Waals surface area contributed by atoms with Crippen LogP contribution in [0, 0.1) is 0 Å². The number of rotatable bonds is 2. The highest BCUT2D eigenvalue weighted by Gasteiger charge is 2.27. The van der Waals surface area contributed by atoms with Gasteiger partial charge in [0.1, 0.15) is 0 Å². The third-order valence-corrected chi connectivity index (χ3v) is 4.21. The van der Waals surface area contributed by atoms with E-state index >= 15 is 0 Å². The maximum atomic E-state index is 12.9. The van der Waals surface area contributed by atoms with Crippen molar-refractivity contribution in [3.8, 4) is 22.4 Å². The fraction of sp³-hybridized carbons (Fsp3) is 0.0526. The molecule has 1 aliphatic rings. The van der Waals surface area contributed by atoms with Crippen molar-refractivity contribution in [1.82, 2.24) is 4.57 Å². The first-order chi connectivity index (χ1) is 11.2. The lowest BCUT2D eigenvalue weighted by atomic mass is 10.0. The smallest absolute Gasteiger partial charge is 0.337 e. The monoisotopic (exact) mass is 303 g/mol. The standard InChI is InChI=1S/C19H13NO3/c21-18-15(12-6-2-1-3-7-12)10-16(19(22)23)17-14-9-5-4-8-13(14)11-20(17)18/h1-10H,11H2,(H,22,23). The Balaban J connectivity index is 2.06. The summed E-state index contributed by atoms with van der Waals surface area (Å²) in [5, 5.41) is 9.62. The molecule has 0 amide bonds. The molecule has 23 heavy (non-hydrogen) atoms. The minimum atomic E-state index is -1.03. The molecule has 4 nitrogen and oxygen atoms in total. The van der Waals surface area contributed by atoms with E-state index in [-0.39, 0.29) is 11.1 Å². The summed E-state index contributed by atoms with van der Waals surface area (Å²) >= 11 is 0. The molecule has 3 aromatic rings. The molecule has 112 valence electrons. The predicted molar refractivity (Wildman–Crippen MR) is 87.6 cm³/mol. The zero-order chi connectivity index (χ0) is 16.0. The summed E-state index contributed by atoms with van der Waals surface area (Å²) < 4.78 is 1.57. The minimum absolute atomic E-state index is 0.160. The molecule has 1 aliphatic heterocycles. The topological polar surface area (TPSA) is 59.3 Å². The molecule has 0 spiro atoms. The second-order valence-corrected chi connectivity index (χ2v) is 5.54. The third kappa shape index (κ3) is 1.99. The van der Waals surface area contributed by atoms with Crippen LogP contribution in [-0.4, -0.2) is 15.6 Å². The summed E-state index contributed by atoms with van der Waals surface area (Å²) in [5.74, 6) is -1.03. The number of benzene rings is 2. The van der Waals surface area contributed by atoms with Gasteiger partial charge in [-0.1, -0.05) is 54.6 Å². The second-order valence-electron chi connectivity index (χ2n) is 5.54. The highest BCUT2D eigenvalue weighted by molar-refractivity contribution is 5.97. The van der Waals surface area contributed by atoms with Gasteiger partial charge in [-0.15, -0.1) is 0 Å². The van der Waals surface area contributed by atoms with E-state index in [1.54, 1.807) is 4.57 Å². The van der Waals surface area contributed by atoms with Crippen LogP contribution in [0.15, 0.2) is 65.5 Å². The van der Waals surface area contributed by atoms with Crippen molar-refractivity contribution in [3.63, 3.8) is 0 Å². The number of pyridine rings is 1. The van der Waals surface area contributed by atoms with Crippen LogP contribution in [0.4, 0.5) is 0 Å². The number of nitrogens with zero attached hydrogens (tertiary/aromatic N) is 1. The molecule has 0 saturated carbocycles. The van der Waals surface area contributed by atoms with E-state index in [9.17, 15) is 14.7 Å². The van der Waals surface area contributed by atoms with Gasteiger partial charge in [-0.25, -0.2) is 4.79 Å². The van der Waals surface area contributed by atoms with Gasteiger partial charge in [-0.3, -0.25) is 4.79 Å². The summed E-state index contributed by atoms with van der Waals surface area (Å²) in [6.07, 6.45) is 0. The fourth-order valence-electron chi connectivity index (χ4n) is 3.16. The highest BCUT2D eigenvalue weighted by Crippen LogP contribution is 2.34. The van der Waals surface area contributed by atoms with E-state index in [1.165, 1.54) is 6.07 Å². The molecule has 0 aliphatic carbocycles. The van der Waals surface area contributed by atoms with Gasteiger partial charge in [0.05, 0.1) is 17.8 Å². The number of fused-ring (bicyclic) bond motifs is 3. The second kappa shape index (κ2) is 4.95. The molecule has 4 rings (SSSR count). The van der Waals surface area contributed by atoms with Crippen LogP contribution in [-0.2, 0) is 6.54 Å². The summed E-state index contributed by atoms with van der Waals surface area (Å²) in [4.78, 5) is 24.6. The zero-order valence-electron chi connectivity index (χ0n) is 12.2. The Morgan fingerprint density at radius 3 is 2.39 bits per heavy atom. The average Bonchev–Trinajstić information content (AvgIpc) is 2.96. The SMILES string of the molecule is O=C(O)c1cc(-c2ccccc2)c(=O)n2c1-c1ccccc1C2. The van der Waals surface area contributed by atoms with Gasteiger partial charge in [0, 0.05) is 11.1 Å². The minimum Gasteiger partial charge on any atom is -0.478 e. The van der Waals surface area contributed by atoms with E-state index in [0.717, 1.165) is 16.7 Å². The van der Waals surface area contributed by atoms with Gasteiger partial charge in [-0.2, -0.15) is 0 Å². The molecule has 0 fully saturated rings. The molecular weight excluding hydrogens is 290 g/mol. The lowest BCUT2D eigenvalue weighted by Gasteiger charge is -2.11. The van der Waals surface area contributed by atoms with Crippen molar-refractivity contribution < 1.29 is 9.90 Å². The molecule has 2 heterocycles. The third-order valence-electron chi connectivity index (χ3n) is 4.21. The van der Waals surface area contributed by atoms with Crippen molar-refractivity contribution in [2.24, 2.45) is 0 Å². The summed E-state index contributed by atoms with van der Waals surface area (Å²) in [6.45, 7) is 0.408. The average molecular weight is 303 g/mol.